The van der Waals surface area contributed by atoms with Gasteiger partial charge in [0.15, 0.2) is 0 Å². The highest BCUT2D eigenvalue weighted by atomic mass is 32.1. The van der Waals surface area contributed by atoms with E-state index in [0.29, 0.717) is 62.1 Å². The van der Waals surface area contributed by atoms with Crippen LogP contribution in [-0.4, -0.2) is 86.4 Å². The molecule has 0 saturated carbocycles. The molecule has 0 aromatic heterocycles. The monoisotopic (exact) mass is 858 g/mol. The molecular weight excluding hydrogens is 805 g/mol. The number of benzene rings is 4. The minimum absolute atomic E-state index is 0. The van der Waals surface area contributed by atoms with E-state index in [-0.39, 0.29) is 50.9 Å². The van der Waals surface area contributed by atoms with Gasteiger partial charge in [-0.2, -0.15) is 27.0 Å². The quantitative estimate of drug-likeness (QED) is 0.183. The van der Waals surface area contributed by atoms with Gasteiger partial charge >= 0.3 is 11.9 Å². The third kappa shape index (κ3) is 10.8. The third-order valence-corrected chi connectivity index (χ3v) is 11.0. The average Bonchev–Trinajstić information content (AvgIpc) is 3.61. The van der Waals surface area contributed by atoms with Crippen LogP contribution < -0.4 is 9.47 Å². The Labute approximate surface area is 365 Å². The maximum absolute atomic E-state index is 13.4. The van der Waals surface area contributed by atoms with Gasteiger partial charge in [-0.15, -0.1) is 0 Å². The van der Waals surface area contributed by atoms with Crippen LogP contribution in [0.1, 0.15) is 93.6 Å². The largest absolute Gasteiger partial charge is 0.491 e. The van der Waals surface area contributed by atoms with E-state index in [1.807, 2.05) is 82.6 Å². The summed E-state index contributed by atoms with van der Waals surface area (Å²) in [5, 5.41) is 0. The van der Waals surface area contributed by atoms with Gasteiger partial charge in [-0.05, 0) is 73.9 Å². The number of methoxy groups -OCH3 is 2. The standard InChI is InChI=1S/2C23H25NO5.2H2S/c2*1-27-23(26)17-10-11-18-14-24(22(25)20-9-5-6-12-28-20)19(15-29-21(18)13-17)16-7-3-2-4-8-16;;/h2*2-4,7-8,10-11,13,19-20H,5-6,9,12,14-15H2,1H3;2*1H2/t19-,20+;19-,20-;;/m11../s1. The lowest BCUT2D eigenvalue weighted by Crippen LogP contribution is -2.44. The summed E-state index contributed by atoms with van der Waals surface area (Å²) in [7, 11) is 2.70. The Balaban J connectivity index is 0.000000220. The first-order valence-electron chi connectivity index (χ1n) is 20.0. The molecule has 2 saturated heterocycles. The second kappa shape index (κ2) is 22.0. The summed E-state index contributed by atoms with van der Waals surface area (Å²) in [6.45, 7) is 2.65. The Bertz CT molecular complexity index is 1910. The molecule has 8 rings (SSSR count). The van der Waals surface area contributed by atoms with Gasteiger partial charge in [0.1, 0.15) is 36.9 Å². The van der Waals surface area contributed by atoms with Crippen LogP contribution in [0.5, 0.6) is 11.5 Å². The first-order chi connectivity index (χ1) is 28.3. The van der Waals surface area contributed by atoms with Crippen LogP contribution in [0.25, 0.3) is 0 Å². The normalized spacial score (nSPS) is 20.8. The highest BCUT2D eigenvalue weighted by Gasteiger charge is 2.37. The number of hydrogen-bond acceptors (Lipinski definition) is 10. The number of amides is 2. The molecule has 4 aliphatic heterocycles. The molecule has 12 nitrogen and oxygen atoms in total. The van der Waals surface area contributed by atoms with E-state index >= 15 is 0 Å². The van der Waals surface area contributed by atoms with Crippen LogP contribution in [0.2, 0.25) is 0 Å². The SMILES string of the molecule is COC(=O)c1ccc2c(c1)OC[C@H](c1ccccc1)N(C(=O)[C@@H]1CCCCO1)C2.COC(=O)c1ccc2c(c1)OC[C@H](c1ccccc1)N(C(=O)[C@H]1CCCCO1)C2.S.S. The van der Waals surface area contributed by atoms with Gasteiger partial charge in [0.2, 0.25) is 0 Å². The molecule has 4 aliphatic rings. The fourth-order valence-corrected chi connectivity index (χ4v) is 7.84. The van der Waals surface area contributed by atoms with Gasteiger partial charge in [0.05, 0.1) is 50.5 Å². The molecule has 0 N–H and O–H groups in total. The van der Waals surface area contributed by atoms with Gasteiger partial charge in [-0.25, -0.2) is 9.59 Å². The zero-order valence-corrected chi connectivity index (χ0v) is 36.0. The first kappa shape index (κ1) is 46.1. The third-order valence-electron chi connectivity index (χ3n) is 11.0. The summed E-state index contributed by atoms with van der Waals surface area (Å²) in [5.74, 6) is 0.370. The predicted molar refractivity (Wildman–Crippen MR) is 234 cm³/mol. The van der Waals surface area contributed by atoms with Gasteiger partial charge in [-0.1, -0.05) is 72.8 Å². The van der Waals surface area contributed by atoms with Crippen LogP contribution in [-0.2, 0) is 41.6 Å². The molecule has 4 aromatic rings. The van der Waals surface area contributed by atoms with E-state index < -0.39 is 24.1 Å². The topological polar surface area (TPSA) is 130 Å². The molecular formula is C46H54N2O10S2. The minimum atomic E-state index is -0.413. The first-order valence-corrected chi connectivity index (χ1v) is 20.0. The molecule has 2 fully saturated rings. The Hall–Kier alpha value is -5.02. The van der Waals surface area contributed by atoms with Crippen LogP contribution >= 0.6 is 27.0 Å². The minimum Gasteiger partial charge on any atom is -0.491 e. The Morgan fingerprint density at radius 2 is 0.950 bits per heavy atom. The molecule has 0 unspecified atom stereocenters. The molecule has 4 aromatic carbocycles. The van der Waals surface area contributed by atoms with Crippen LogP contribution in [0.4, 0.5) is 0 Å². The lowest BCUT2D eigenvalue weighted by molar-refractivity contribution is -0.150. The van der Waals surface area contributed by atoms with E-state index in [4.69, 9.17) is 28.4 Å². The summed E-state index contributed by atoms with van der Waals surface area (Å²) >= 11 is 0. The number of ether oxygens (including phenoxy) is 6. The van der Waals surface area contributed by atoms with Crippen molar-refractivity contribution in [3.8, 4) is 11.5 Å². The van der Waals surface area contributed by atoms with Crippen molar-refractivity contribution in [3.05, 3.63) is 130 Å². The summed E-state index contributed by atoms with van der Waals surface area (Å²) in [6.07, 6.45) is 4.64. The Morgan fingerprint density at radius 1 is 0.550 bits per heavy atom. The molecule has 320 valence electrons. The molecule has 4 atom stereocenters. The van der Waals surface area contributed by atoms with E-state index in [0.717, 1.165) is 60.8 Å². The van der Waals surface area contributed by atoms with E-state index in [2.05, 4.69) is 0 Å². The highest BCUT2D eigenvalue weighted by molar-refractivity contribution is 7.59. The van der Waals surface area contributed by atoms with Crippen molar-refractivity contribution < 1.29 is 47.6 Å². The average molecular weight is 859 g/mol. The Kier molecular flexibility index (Phi) is 16.9. The van der Waals surface area contributed by atoms with Crippen molar-refractivity contribution in [2.75, 3.05) is 40.6 Å². The van der Waals surface area contributed by atoms with E-state index in [1.54, 1.807) is 24.3 Å². The Morgan fingerprint density at radius 3 is 1.30 bits per heavy atom. The molecule has 60 heavy (non-hydrogen) atoms. The smallest absolute Gasteiger partial charge is 0.337 e. The number of nitrogens with zero attached hydrogens (tertiary/aromatic N) is 2. The van der Waals surface area contributed by atoms with Gasteiger partial charge < -0.3 is 38.2 Å². The number of hydrogen-bond donors (Lipinski definition) is 0. The molecule has 0 spiro atoms. The number of esters is 2. The zero-order chi connectivity index (χ0) is 40.4. The lowest BCUT2D eigenvalue weighted by atomic mass is 10.0. The van der Waals surface area contributed by atoms with Crippen molar-refractivity contribution in [1.29, 1.82) is 0 Å². The molecule has 4 heterocycles. The molecule has 2 amide bonds. The molecule has 0 radical (unpaired) electrons. The van der Waals surface area contributed by atoms with Crippen LogP contribution in [0.15, 0.2) is 97.1 Å². The van der Waals surface area contributed by atoms with E-state index in [9.17, 15) is 19.2 Å². The maximum atomic E-state index is 13.4. The number of rotatable bonds is 6. The molecule has 0 aliphatic carbocycles. The molecule has 0 bridgehead atoms. The van der Waals surface area contributed by atoms with Crippen molar-refractivity contribution >= 4 is 50.7 Å². The molecule has 14 heteroatoms. The van der Waals surface area contributed by atoms with Gasteiger partial charge in [0.25, 0.3) is 11.8 Å². The highest BCUT2D eigenvalue weighted by Crippen LogP contribution is 2.36. The van der Waals surface area contributed by atoms with Crippen molar-refractivity contribution in [3.63, 3.8) is 0 Å². The predicted octanol–water partition coefficient (Wildman–Crippen LogP) is 7.23. The van der Waals surface area contributed by atoms with Crippen molar-refractivity contribution in [2.24, 2.45) is 0 Å². The fraction of sp³-hybridized carbons (Fsp3) is 0.391. The van der Waals surface area contributed by atoms with Crippen LogP contribution in [0.3, 0.4) is 0 Å². The lowest BCUT2D eigenvalue weighted by Gasteiger charge is -2.33. The summed E-state index contributed by atoms with van der Waals surface area (Å²) in [4.78, 5) is 54.3. The fourth-order valence-electron chi connectivity index (χ4n) is 7.84. The maximum Gasteiger partial charge on any atom is 0.337 e. The summed E-state index contributed by atoms with van der Waals surface area (Å²) in [5.41, 5.74) is 4.60. The summed E-state index contributed by atoms with van der Waals surface area (Å²) in [6, 6.07) is 29.8. The summed E-state index contributed by atoms with van der Waals surface area (Å²) < 4.78 is 33.3. The van der Waals surface area contributed by atoms with E-state index in [1.165, 1.54) is 14.2 Å². The second-order valence-corrected chi connectivity index (χ2v) is 14.7. The van der Waals surface area contributed by atoms with Crippen molar-refractivity contribution in [1.82, 2.24) is 9.80 Å². The van der Waals surface area contributed by atoms with Crippen molar-refractivity contribution in [2.45, 2.75) is 75.9 Å². The van der Waals surface area contributed by atoms with Crippen LogP contribution in [0, 0.1) is 0 Å². The number of carbonyl (C=O) groups excluding carboxylic acids is 4. The zero-order valence-electron chi connectivity index (χ0n) is 34.0. The van der Waals surface area contributed by atoms with Gasteiger partial charge in [0, 0.05) is 24.3 Å². The number of fused-ring (bicyclic) bond motifs is 2. The second-order valence-electron chi connectivity index (χ2n) is 14.7. The number of carbonyl (C=O) groups is 4. The van der Waals surface area contributed by atoms with Gasteiger partial charge in [-0.3, -0.25) is 9.59 Å².